The minimum absolute atomic E-state index is 0.0757. The number of aromatic nitrogens is 2. The maximum Gasteiger partial charge on any atom is 0.433 e. The molecule has 6 nitrogen and oxygen atoms in total. The van der Waals surface area contributed by atoms with Crippen molar-refractivity contribution in [2.24, 2.45) is 0 Å². The summed E-state index contributed by atoms with van der Waals surface area (Å²) in [6.07, 6.45) is -3.84. The molecule has 0 bridgehead atoms. The highest BCUT2D eigenvalue weighted by Gasteiger charge is 2.36. The van der Waals surface area contributed by atoms with Gasteiger partial charge in [0.15, 0.2) is 0 Å². The molecule has 0 aromatic carbocycles. The Kier molecular flexibility index (Phi) is 3.94. The fourth-order valence-electron chi connectivity index (χ4n) is 2.46. The molecule has 2 aromatic heterocycles. The first-order valence-electron chi connectivity index (χ1n) is 7.17. The molecule has 1 amide bonds. The average molecular weight is 341 g/mol. The van der Waals surface area contributed by atoms with Crippen LogP contribution < -0.4 is 4.74 Å². The van der Waals surface area contributed by atoms with Crippen LogP contribution in [-0.2, 0) is 6.18 Å². The molecule has 0 saturated carbocycles. The Morgan fingerprint density at radius 2 is 2.08 bits per heavy atom. The van der Waals surface area contributed by atoms with E-state index in [-0.39, 0.29) is 30.9 Å². The summed E-state index contributed by atoms with van der Waals surface area (Å²) in [7, 11) is 0. The third kappa shape index (κ3) is 3.06. The summed E-state index contributed by atoms with van der Waals surface area (Å²) in [5.74, 6) is 0.286. The lowest BCUT2D eigenvalue weighted by molar-refractivity contribution is -0.141. The van der Waals surface area contributed by atoms with Crippen molar-refractivity contribution in [1.82, 2.24) is 15.0 Å². The van der Waals surface area contributed by atoms with Gasteiger partial charge in [-0.3, -0.25) is 9.78 Å². The summed E-state index contributed by atoms with van der Waals surface area (Å²) in [5.41, 5.74) is -0.0921. The molecule has 1 saturated heterocycles. The molecule has 9 heteroatoms. The summed E-state index contributed by atoms with van der Waals surface area (Å²) >= 11 is 0. The molecular weight excluding hydrogens is 327 g/mol. The van der Waals surface area contributed by atoms with Crippen molar-refractivity contribution >= 4 is 5.91 Å². The highest BCUT2D eigenvalue weighted by Crippen LogP contribution is 2.30. The fourth-order valence-corrected chi connectivity index (χ4v) is 2.46. The Balaban J connectivity index is 1.61. The molecule has 24 heavy (non-hydrogen) atoms. The number of carbonyl (C=O) groups excluding carboxylic acids is 1. The minimum atomic E-state index is -4.52. The van der Waals surface area contributed by atoms with Crippen molar-refractivity contribution < 1.29 is 27.2 Å². The molecule has 0 atom stereocenters. The van der Waals surface area contributed by atoms with Gasteiger partial charge in [0.05, 0.1) is 18.8 Å². The maximum atomic E-state index is 12.6. The van der Waals surface area contributed by atoms with Crippen molar-refractivity contribution in [1.29, 1.82) is 0 Å². The number of ether oxygens (including phenoxy) is 1. The average Bonchev–Trinajstić information content (AvgIpc) is 2.80. The summed E-state index contributed by atoms with van der Waals surface area (Å²) in [6.45, 7) is 3.89. The van der Waals surface area contributed by atoms with Gasteiger partial charge in [0.25, 0.3) is 5.91 Å². The second kappa shape index (κ2) is 5.81. The quantitative estimate of drug-likeness (QED) is 0.858. The van der Waals surface area contributed by atoms with E-state index in [0.717, 1.165) is 12.3 Å². The zero-order valence-corrected chi connectivity index (χ0v) is 12.9. The van der Waals surface area contributed by atoms with Crippen LogP contribution in [-0.4, -0.2) is 40.1 Å². The van der Waals surface area contributed by atoms with Gasteiger partial charge >= 0.3 is 6.18 Å². The van der Waals surface area contributed by atoms with Crippen LogP contribution in [0.4, 0.5) is 13.2 Å². The standard InChI is InChI=1S/C15H14F3N3O3/c1-8-13(9(2)24-20-8)14(22)21-6-11(7-21)23-10-3-4-19-12(5-10)15(16,17)18/h3-5,11H,6-7H2,1-2H3. The number of halogens is 3. The number of hydrogen-bond acceptors (Lipinski definition) is 5. The Morgan fingerprint density at radius 1 is 1.38 bits per heavy atom. The molecule has 2 aromatic rings. The van der Waals surface area contributed by atoms with Crippen LogP contribution in [0.25, 0.3) is 0 Å². The van der Waals surface area contributed by atoms with Crippen LogP contribution in [0.2, 0.25) is 0 Å². The van der Waals surface area contributed by atoms with Gasteiger partial charge in [0.2, 0.25) is 0 Å². The van der Waals surface area contributed by atoms with Crippen molar-refractivity contribution in [2.45, 2.75) is 26.1 Å². The molecule has 0 spiro atoms. The van der Waals surface area contributed by atoms with Gasteiger partial charge in [0.1, 0.15) is 28.9 Å². The largest absolute Gasteiger partial charge is 0.487 e. The van der Waals surface area contributed by atoms with E-state index < -0.39 is 11.9 Å². The number of alkyl halides is 3. The molecule has 0 unspecified atom stereocenters. The Labute approximate surface area is 135 Å². The van der Waals surface area contributed by atoms with Gasteiger partial charge in [-0.2, -0.15) is 13.2 Å². The monoisotopic (exact) mass is 341 g/mol. The van der Waals surface area contributed by atoms with E-state index in [2.05, 4.69) is 10.1 Å². The Morgan fingerprint density at radius 3 is 2.67 bits per heavy atom. The van der Waals surface area contributed by atoms with E-state index in [9.17, 15) is 18.0 Å². The van der Waals surface area contributed by atoms with Crippen LogP contribution in [0.15, 0.2) is 22.9 Å². The predicted molar refractivity (Wildman–Crippen MR) is 75.5 cm³/mol. The fraction of sp³-hybridized carbons (Fsp3) is 0.400. The first kappa shape index (κ1) is 16.3. The summed E-state index contributed by atoms with van der Waals surface area (Å²) in [4.78, 5) is 17.1. The van der Waals surface area contributed by atoms with Crippen LogP contribution in [0.5, 0.6) is 5.75 Å². The number of carbonyl (C=O) groups is 1. The zero-order valence-electron chi connectivity index (χ0n) is 12.9. The molecule has 1 aliphatic heterocycles. The molecule has 0 aliphatic carbocycles. The van der Waals surface area contributed by atoms with Crippen molar-refractivity contribution in [3.05, 3.63) is 41.0 Å². The van der Waals surface area contributed by atoms with Crippen LogP contribution in [0, 0.1) is 13.8 Å². The highest BCUT2D eigenvalue weighted by molar-refractivity contribution is 5.96. The number of hydrogen-bond donors (Lipinski definition) is 0. The van der Waals surface area contributed by atoms with E-state index in [1.807, 2.05) is 0 Å². The molecule has 3 rings (SSSR count). The third-order valence-electron chi connectivity index (χ3n) is 3.71. The maximum absolute atomic E-state index is 12.6. The van der Waals surface area contributed by atoms with Gasteiger partial charge in [0, 0.05) is 12.3 Å². The first-order valence-corrected chi connectivity index (χ1v) is 7.17. The second-order valence-corrected chi connectivity index (χ2v) is 5.52. The number of pyridine rings is 1. The number of rotatable bonds is 3. The first-order chi connectivity index (χ1) is 11.3. The topological polar surface area (TPSA) is 68.5 Å². The summed E-state index contributed by atoms with van der Waals surface area (Å²) in [6, 6.07) is 2.20. The number of aryl methyl sites for hydroxylation is 2. The van der Waals surface area contributed by atoms with E-state index in [1.54, 1.807) is 13.8 Å². The molecular formula is C15H14F3N3O3. The molecule has 128 valence electrons. The second-order valence-electron chi connectivity index (χ2n) is 5.52. The predicted octanol–water partition coefficient (Wildman–Crippen LogP) is 2.61. The van der Waals surface area contributed by atoms with Crippen LogP contribution in [0.3, 0.4) is 0 Å². The normalized spacial score (nSPS) is 15.3. The van der Waals surface area contributed by atoms with Crippen molar-refractivity contribution in [3.8, 4) is 5.75 Å². The van der Waals surface area contributed by atoms with E-state index >= 15 is 0 Å². The number of likely N-dealkylation sites (tertiary alicyclic amines) is 1. The van der Waals surface area contributed by atoms with Crippen molar-refractivity contribution in [3.63, 3.8) is 0 Å². The van der Waals surface area contributed by atoms with Gasteiger partial charge in [-0.25, -0.2) is 0 Å². The summed E-state index contributed by atoms with van der Waals surface area (Å²) in [5, 5.41) is 3.73. The molecule has 0 radical (unpaired) electrons. The third-order valence-corrected chi connectivity index (χ3v) is 3.71. The zero-order chi connectivity index (χ0) is 17.5. The Bertz CT molecular complexity index is 747. The summed E-state index contributed by atoms with van der Waals surface area (Å²) < 4.78 is 48.3. The van der Waals surface area contributed by atoms with Gasteiger partial charge < -0.3 is 14.2 Å². The lowest BCUT2D eigenvalue weighted by Gasteiger charge is -2.38. The van der Waals surface area contributed by atoms with Crippen molar-refractivity contribution in [2.75, 3.05) is 13.1 Å². The smallest absolute Gasteiger partial charge is 0.433 e. The van der Waals surface area contributed by atoms with Crippen LogP contribution >= 0.6 is 0 Å². The molecule has 1 aliphatic rings. The van der Waals surface area contributed by atoms with Gasteiger partial charge in [-0.15, -0.1) is 0 Å². The van der Waals surface area contributed by atoms with Gasteiger partial charge in [-0.1, -0.05) is 5.16 Å². The SMILES string of the molecule is Cc1noc(C)c1C(=O)N1CC(Oc2ccnc(C(F)(F)F)c2)C1. The molecule has 1 fully saturated rings. The van der Waals surface area contributed by atoms with Crippen LogP contribution in [0.1, 0.15) is 27.5 Å². The minimum Gasteiger partial charge on any atom is -0.487 e. The number of nitrogens with zero attached hydrogens (tertiary/aromatic N) is 3. The molecule has 3 heterocycles. The highest BCUT2D eigenvalue weighted by atomic mass is 19.4. The van der Waals surface area contributed by atoms with E-state index in [0.29, 0.717) is 17.0 Å². The molecule has 0 N–H and O–H groups in total. The van der Waals surface area contributed by atoms with E-state index in [4.69, 9.17) is 9.26 Å². The Hall–Kier alpha value is -2.58. The number of amides is 1. The lowest BCUT2D eigenvalue weighted by Crippen LogP contribution is -2.56. The lowest BCUT2D eigenvalue weighted by atomic mass is 10.1. The van der Waals surface area contributed by atoms with Gasteiger partial charge in [-0.05, 0) is 19.9 Å². The van der Waals surface area contributed by atoms with E-state index in [1.165, 1.54) is 11.0 Å².